The highest BCUT2D eigenvalue weighted by Crippen LogP contribution is 2.19. The van der Waals surface area contributed by atoms with Gasteiger partial charge < -0.3 is 9.84 Å². The number of ether oxygens (including phenoxy) is 1. The number of hydrogen-bond acceptors (Lipinski definition) is 2. The lowest BCUT2D eigenvalue weighted by molar-refractivity contribution is 0.0696. The van der Waals surface area contributed by atoms with E-state index in [9.17, 15) is 9.18 Å². The van der Waals surface area contributed by atoms with Crippen LogP contribution in [0.3, 0.4) is 0 Å². The van der Waals surface area contributed by atoms with E-state index in [1.165, 1.54) is 12.1 Å². The van der Waals surface area contributed by atoms with Crippen LogP contribution in [-0.2, 0) is 0 Å². The Kier molecular flexibility index (Phi) is 4.28. The zero-order valence-corrected chi connectivity index (χ0v) is 9.37. The first-order chi connectivity index (χ1) is 7.54. The number of halogens is 1. The largest absolute Gasteiger partial charge is 0.490 e. The molecule has 0 saturated heterocycles. The van der Waals surface area contributed by atoms with E-state index < -0.39 is 11.8 Å². The number of carboxylic acid groups (broad SMARTS) is 1. The van der Waals surface area contributed by atoms with Crippen LogP contribution >= 0.6 is 0 Å². The smallest absolute Gasteiger partial charge is 0.335 e. The number of carboxylic acids is 1. The maximum Gasteiger partial charge on any atom is 0.335 e. The molecule has 0 bridgehead atoms. The normalized spacial score (nSPS) is 12.2. The molecule has 0 aliphatic rings. The molecule has 88 valence electrons. The Morgan fingerprint density at radius 2 is 2.25 bits per heavy atom. The zero-order chi connectivity index (χ0) is 12.1. The van der Waals surface area contributed by atoms with Crippen molar-refractivity contribution in [3.8, 4) is 5.75 Å². The van der Waals surface area contributed by atoms with Crippen molar-refractivity contribution < 1.29 is 19.0 Å². The first-order valence-electron chi connectivity index (χ1n) is 5.20. The van der Waals surface area contributed by atoms with Gasteiger partial charge in [-0.3, -0.25) is 0 Å². The number of aromatic carboxylic acids is 1. The molecule has 1 rings (SSSR count). The first-order valence-corrected chi connectivity index (χ1v) is 5.20. The first kappa shape index (κ1) is 12.5. The van der Waals surface area contributed by atoms with Gasteiger partial charge in [0.25, 0.3) is 0 Å². The van der Waals surface area contributed by atoms with Crippen LogP contribution in [-0.4, -0.2) is 17.7 Å². The Bertz CT molecular complexity index is 377. The summed E-state index contributed by atoms with van der Waals surface area (Å²) in [5, 5.41) is 8.75. The molecule has 4 heteroatoms. The SMILES string of the molecule is CCC(C)COc1cc(C(=O)O)ccc1F. The summed E-state index contributed by atoms with van der Waals surface area (Å²) in [5.41, 5.74) is 0.0283. The van der Waals surface area contributed by atoms with Gasteiger partial charge >= 0.3 is 5.97 Å². The van der Waals surface area contributed by atoms with Crippen molar-refractivity contribution in [2.24, 2.45) is 5.92 Å². The van der Waals surface area contributed by atoms with Crippen LogP contribution in [0.1, 0.15) is 30.6 Å². The quantitative estimate of drug-likeness (QED) is 0.839. The van der Waals surface area contributed by atoms with Gasteiger partial charge in [0.15, 0.2) is 11.6 Å². The number of hydrogen-bond donors (Lipinski definition) is 1. The van der Waals surface area contributed by atoms with Crippen LogP contribution in [0.5, 0.6) is 5.75 Å². The summed E-state index contributed by atoms with van der Waals surface area (Å²) < 4.78 is 18.5. The summed E-state index contributed by atoms with van der Waals surface area (Å²) in [6.07, 6.45) is 0.931. The van der Waals surface area contributed by atoms with Crippen molar-refractivity contribution in [3.05, 3.63) is 29.6 Å². The molecule has 0 saturated carbocycles. The lowest BCUT2D eigenvalue weighted by Crippen LogP contribution is -2.09. The van der Waals surface area contributed by atoms with Crippen molar-refractivity contribution in [3.63, 3.8) is 0 Å². The predicted molar refractivity (Wildman–Crippen MR) is 58.3 cm³/mol. The van der Waals surface area contributed by atoms with Gasteiger partial charge in [-0.1, -0.05) is 20.3 Å². The number of benzene rings is 1. The topological polar surface area (TPSA) is 46.5 Å². The van der Waals surface area contributed by atoms with E-state index in [-0.39, 0.29) is 11.3 Å². The average molecular weight is 226 g/mol. The van der Waals surface area contributed by atoms with Gasteiger partial charge in [0, 0.05) is 0 Å². The van der Waals surface area contributed by atoms with Gasteiger partial charge in [-0.05, 0) is 24.1 Å². The molecule has 0 heterocycles. The minimum absolute atomic E-state index is 0.000185. The standard InChI is InChI=1S/C12H15FO3/c1-3-8(2)7-16-11-6-9(12(14)15)4-5-10(11)13/h4-6,8H,3,7H2,1-2H3,(H,14,15). The Hall–Kier alpha value is -1.58. The van der Waals surface area contributed by atoms with E-state index in [0.717, 1.165) is 12.5 Å². The molecule has 1 aromatic carbocycles. The maximum atomic E-state index is 13.3. The van der Waals surface area contributed by atoms with E-state index in [1.54, 1.807) is 0 Å². The lowest BCUT2D eigenvalue weighted by atomic mass is 10.1. The van der Waals surface area contributed by atoms with Crippen molar-refractivity contribution in [1.82, 2.24) is 0 Å². The lowest BCUT2D eigenvalue weighted by Gasteiger charge is -2.11. The van der Waals surface area contributed by atoms with E-state index in [4.69, 9.17) is 9.84 Å². The molecule has 3 nitrogen and oxygen atoms in total. The number of carbonyl (C=O) groups is 1. The fourth-order valence-corrected chi connectivity index (χ4v) is 1.10. The molecule has 0 aliphatic carbocycles. The van der Waals surface area contributed by atoms with Crippen molar-refractivity contribution in [1.29, 1.82) is 0 Å². The van der Waals surface area contributed by atoms with Gasteiger partial charge in [-0.25, -0.2) is 9.18 Å². The highest BCUT2D eigenvalue weighted by molar-refractivity contribution is 5.88. The Labute approximate surface area is 93.9 Å². The monoisotopic (exact) mass is 226 g/mol. The average Bonchev–Trinajstić information content (AvgIpc) is 2.27. The predicted octanol–water partition coefficient (Wildman–Crippen LogP) is 2.95. The molecule has 0 spiro atoms. The fourth-order valence-electron chi connectivity index (χ4n) is 1.10. The van der Waals surface area contributed by atoms with Crippen LogP contribution in [0.15, 0.2) is 18.2 Å². The third kappa shape index (κ3) is 3.22. The van der Waals surface area contributed by atoms with Crippen LogP contribution in [0.4, 0.5) is 4.39 Å². The van der Waals surface area contributed by atoms with Crippen molar-refractivity contribution in [2.45, 2.75) is 20.3 Å². The highest BCUT2D eigenvalue weighted by atomic mass is 19.1. The van der Waals surface area contributed by atoms with Crippen LogP contribution in [0, 0.1) is 11.7 Å². The van der Waals surface area contributed by atoms with Gasteiger partial charge in [0.2, 0.25) is 0 Å². The van der Waals surface area contributed by atoms with Gasteiger partial charge in [0.1, 0.15) is 0 Å². The fraction of sp³-hybridized carbons (Fsp3) is 0.417. The van der Waals surface area contributed by atoms with E-state index >= 15 is 0 Å². The van der Waals surface area contributed by atoms with E-state index in [1.807, 2.05) is 13.8 Å². The molecule has 1 aromatic rings. The minimum Gasteiger partial charge on any atom is -0.490 e. The van der Waals surface area contributed by atoms with Crippen molar-refractivity contribution in [2.75, 3.05) is 6.61 Å². The summed E-state index contributed by atoms with van der Waals surface area (Å²) in [4.78, 5) is 10.7. The van der Waals surface area contributed by atoms with Crippen LogP contribution < -0.4 is 4.74 Å². The third-order valence-corrected chi connectivity index (χ3v) is 2.40. The molecule has 1 N–H and O–H groups in total. The van der Waals surface area contributed by atoms with Crippen LogP contribution in [0.25, 0.3) is 0 Å². The molecule has 0 aliphatic heterocycles. The molecule has 0 aromatic heterocycles. The summed E-state index contributed by atoms with van der Waals surface area (Å²) >= 11 is 0. The van der Waals surface area contributed by atoms with Crippen LogP contribution in [0.2, 0.25) is 0 Å². The van der Waals surface area contributed by atoms with Gasteiger partial charge in [-0.15, -0.1) is 0 Å². The summed E-state index contributed by atoms with van der Waals surface area (Å²) in [6, 6.07) is 3.53. The molecular weight excluding hydrogens is 211 g/mol. The Balaban J connectivity index is 2.78. The summed E-state index contributed by atoms with van der Waals surface area (Å²) in [5.74, 6) is -1.31. The van der Waals surface area contributed by atoms with E-state index in [2.05, 4.69) is 0 Å². The number of rotatable bonds is 5. The summed E-state index contributed by atoms with van der Waals surface area (Å²) in [7, 11) is 0. The second kappa shape index (κ2) is 5.49. The molecule has 0 amide bonds. The second-order valence-electron chi connectivity index (χ2n) is 3.77. The molecule has 1 atom stereocenters. The van der Waals surface area contributed by atoms with Crippen molar-refractivity contribution >= 4 is 5.97 Å². The molecule has 16 heavy (non-hydrogen) atoms. The van der Waals surface area contributed by atoms with Gasteiger partial charge in [0.05, 0.1) is 12.2 Å². The van der Waals surface area contributed by atoms with E-state index in [0.29, 0.717) is 12.5 Å². The highest BCUT2D eigenvalue weighted by Gasteiger charge is 2.10. The second-order valence-corrected chi connectivity index (χ2v) is 3.77. The zero-order valence-electron chi connectivity index (χ0n) is 9.37. The maximum absolute atomic E-state index is 13.3. The Morgan fingerprint density at radius 1 is 1.56 bits per heavy atom. The molecular formula is C12H15FO3. The Morgan fingerprint density at radius 3 is 2.81 bits per heavy atom. The third-order valence-electron chi connectivity index (χ3n) is 2.40. The summed E-state index contributed by atoms with van der Waals surface area (Å²) in [6.45, 7) is 4.38. The molecule has 0 radical (unpaired) electrons. The minimum atomic E-state index is -1.09. The van der Waals surface area contributed by atoms with Gasteiger partial charge in [-0.2, -0.15) is 0 Å². The molecule has 0 fully saturated rings. The molecule has 1 unspecified atom stereocenters.